The molecule has 34 heavy (non-hydrogen) atoms. The second-order valence-corrected chi connectivity index (χ2v) is 9.37. The SMILES string of the molecule is COc1cc(NC(=O)COC(=O)C2CCN(S(=O)(=O)c3cccnc3)CC2)cc(OC)c1OC. The molecule has 1 N–H and O–H groups in total. The highest BCUT2D eigenvalue weighted by Gasteiger charge is 2.33. The van der Waals surface area contributed by atoms with Crippen LogP contribution < -0.4 is 19.5 Å². The monoisotopic (exact) mass is 493 g/mol. The van der Waals surface area contributed by atoms with E-state index in [4.69, 9.17) is 18.9 Å². The number of nitrogens with zero attached hydrogens (tertiary/aromatic N) is 2. The summed E-state index contributed by atoms with van der Waals surface area (Å²) in [6.07, 6.45) is 3.39. The predicted molar refractivity (Wildman–Crippen MR) is 121 cm³/mol. The minimum Gasteiger partial charge on any atom is -0.493 e. The molecule has 1 aliphatic heterocycles. The summed E-state index contributed by atoms with van der Waals surface area (Å²) in [7, 11) is 0.719. The molecule has 3 rings (SSSR count). The third-order valence-electron chi connectivity index (χ3n) is 5.35. The van der Waals surface area contributed by atoms with Crippen LogP contribution in [0.3, 0.4) is 0 Å². The average Bonchev–Trinajstić information content (AvgIpc) is 2.87. The van der Waals surface area contributed by atoms with Crippen LogP contribution in [0.25, 0.3) is 0 Å². The summed E-state index contributed by atoms with van der Waals surface area (Å²) in [6, 6.07) is 6.15. The number of sulfonamides is 1. The third kappa shape index (κ3) is 5.75. The molecule has 0 bridgehead atoms. The fourth-order valence-corrected chi connectivity index (χ4v) is 5.02. The molecule has 0 aliphatic carbocycles. The molecule has 0 spiro atoms. The van der Waals surface area contributed by atoms with Gasteiger partial charge in [0, 0.05) is 43.3 Å². The van der Waals surface area contributed by atoms with E-state index >= 15 is 0 Å². The topological polar surface area (TPSA) is 133 Å². The maximum absolute atomic E-state index is 12.7. The summed E-state index contributed by atoms with van der Waals surface area (Å²) >= 11 is 0. The van der Waals surface area contributed by atoms with Gasteiger partial charge < -0.3 is 24.3 Å². The van der Waals surface area contributed by atoms with Crippen LogP contribution in [0.5, 0.6) is 17.2 Å². The molecule has 11 nitrogen and oxygen atoms in total. The zero-order chi connectivity index (χ0) is 24.7. The minimum atomic E-state index is -3.66. The van der Waals surface area contributed by atoms with Crippen molar-refractivity contribution in [3.8, 4) is 17.2 Å². The van der Waals surface area contributed by atoms with Gasteiger partial charge in [0.25, 0.3) is 5.91 Å². The Morgan fingerprint density at radius 2 is 1.74 bits per heavy atom. The Labute approximate surface area is 198 Å². The Kier molecular flexibility index (Phi) is 8.29. The molecule has 0 radical (unpaired) electrons. The van der Waals surface area contributed by atoms with E-state index in [1.807, 2.05) is 0 Å². The number of rotatable bonds is 9. The van der Waals surface area contributed by atoms with Crippen molar-refractivity contribution >= 4 is 27.6 Å². The number of amides is 1. The number of benzene rings is 1. The van der Waals surface area contributed by atoms with Gasteiger partial charge in [-0.25, -0.2) is 8.42 Å². The smallest absolute Gasteiger partial charge is 0.309 e. The zero-order valence-corrected chi connectivity index (χ0v) is 20.0. The first-order chi connectivity index (χ1) is 16.3. The van der Waals surface area contributed by atoms with E-state index in [1.54, 1.807) is 18.2 Å². The van der Waals surface area contributed by atoms with Crippen molar-refractivity contribution in [2.45, 2.75) is 17.7 Å². The van der Waals surface area contributed by atoms with E-state index in [9.17, 15) is 18.0 Å². The largest absolute Gasteiger partial charge is 0.493 e. The van der Waals surface area contributed by atoms with E-state index in [2.05, 4.69) is 10.3 Å². The van der Waals surface area contributed by atoms with Crippen LogP contribution >= 0.6 is 0 Å². The van der Waals surface area contributed by atoms with Gasteiger partial charge in [0.1, 0.15) is 4.90 Å². The fourth-order valence-electron chi connectivity index (χ4n) is 3.59. The van der Waals surface area contributed by atoms with E-state index in [0.717, 1.165) is 0 Å². The van der Waals surface area contributed by atoms with Crippen molar-refractivity contribution in [2.75, 3.05) is 46.3 Å². The lowest BCUT2D eigenvalue weighted by atomic mass is 9.98. The van der Waals surface area contributed by atoms with Crippen LogP contribution in [0.15, 0.2) is 41.6 Å². The van der Waals surface area contributed by atoms with Gasteiger partial charge in [-0.15, -0.1) is 0 Å². The van der Waals surface area contributed by atoms with Gasteiger partial charge in [-0.05, 0) is 25.0 Å². The fraction of sp³-hybridized carbons (Fsp3) is 0.409. The van der Waals surface area contributed by atoms with Crippen molar-refractivity contribution in [1.29, 1.82) is 0 Å². The summed E-state index contributed by atoms with van der Waals surface area (Å²) in [6.45, 7) is -0.132. The number of methoxy groups -OCH3 is 3. The highest BCUT2D eigenvalue weighted by Crippen LogP contribution is 2.39. The number of pyridine rings is 1. The number of esters is 1. The second kappa shape index (κ2) is 11.2. The molecule has 2 heterocycles. The third-order valence-corrected chi connectivity index (χ3v) is 7.24. The molecule has 0 saturated carbocycles. The number of piperidine rings is 1. The van der Waals surface area contributed by atoms with Gasteiger partial charge in [0.05, 0.1) is 27.2 Å². The molecule has 1 aromatic carbocycles. The lowest BCUT2D eigenvalue weighted by Gasteiger charge is -2.29. The highest BCUT2D eigenvalue weighted by atomic mass is 32.2. The molecule has 12 heteroatoms. The van der Waals surface area contributed by atoms with E-state index in [1.165, 1.54) is 44.1 Å². The first-order valence-corrected chi connectivity index (χ1v) is 11.9. The minimum absolute atomic E-state index is 0.111. The Morgan fingerprint density at radius 1 is 1.09 bits per heavy atom. The molecule has 0 unspecified atom stereocenters. The molecule has 1 aliphatic rings. The number of hydrogen-bond donors (Lipinski definition) is 1. The van der Waals surface area contributed by atoms with Crippen LogP contribution in [0.2, 0.25) is 0 Å². The van der Waals surface area contributed by atoms with Crippen LogP contribution in [0, 0.1) is 5.92 Å². The number of carbonyl (C=O) groups is 2. The standard InChI is InChI=1S/C22H27N3O8S/c1-30-18-11-16(12-19(31-2)21(18)32-3)24-20(26)14-33-22(27)15-6-9-25(10-7-15)34(28,29)17-5-4-8-23-13-17/h4-5,8,11-13,15H,6-7,9-10,14H2,1-3H3,(H,24,26). The summed E-state index contributed by atoms with van der Waals surface area (Å²) < 4.78 is 47.6. The quantitative estimate of drug-likeness (QED) is 0.518. The van der Waals surface area contributed by atoms with E-state index < -0.39 is 34.4 Å². The molecular weight excluding hydrogens is 466 g/mol. The zero-order valence-electron chi connectivity index (χ0n) is 19.1. The highest BCUT2D eigenvalue weighted by molar-refractivity contribution is 7.89. The first kappa shape index (κ1) is 25.2. The number of aromatic nitrogens is 1. The average molecular weight is 494 g/mol. The molecule has 1 fully saturated rings. The van der Waals surface area contributed by atoms with Gasteiger partial charge in [-0.3, -0.25) is 14.6 Å². The molecular formula is C22H27N3O8S. The van der Waals surface area contributed by atoms with Crippen LogP contribution in [0.4, 0.5) is 5.69 Å². The van der Waals surface area contributed by atoms with Crippen molar-refractivity contribution in [3.63, 3.8) is 0 Å². The summed E-state index contributed by atoms with van der Waals surface area (Å²) in [5, 5.41) is 2.62. The molecule has 1 amide bonds. The van der Waals surface area contributed by atoms with Gasteiger partial charge in [0.15, 0.2) is 18.1 Å². The molecule has 1 aromatic heterocycles. The number of carbonyl (C=O) groups excluding carboxylic acids is 2. The van der Waals surface area contributed by atoms with Crippen LogP contribution in [-0.2, 0) is 24.3 Å². The summed E-state index contributed by atoms with van der Waals surface area (Å²) in [4.78, 5) is 28.7. The van der Waals surface area contributed by atoms with Crippen LogP contribution in [0.1, 0.15) is 12.8 Å². The van der Waals surface area contributed by atoms with E-state index in [-0.39, 0.29) is 18.0 Å². The number of ether oxygens (including phenoxy) is 4. The van der Waals surface area contributed by atoms with Gasteiger partial charge in [-0.2, -0.15) is 4.31 Å². The van der Waals surface area contributed by atoms with Crippen LogP contribution in [-0.4, -0.2) is 70.6 Å². The Balaban J connectivity index is 1.51. The number of anilines is 1. The normalized spacial score (nSPS) is 14.8. The van der Waals surface area contributed by atoms with Crippen molar-refractivity contribution < 1.29 is 37.0 Å². The predicted octanol–water partition coefficient (Wildman–Crippen LogP) is 1.69. The van der Waals surface area contributed by atoms with Gasteiger partial charge in [0.2, 0.25) is 15.8 Å². The van der Waals surface area contributed by atoms with Gasteiger partial charge >= 0.3 is 5.97 Å². The molecule has 184 valence electrons. The lowest BCUT2D eigenvalue weighted by molar-refractivity contribution is -0.152. The summed E-state index contributed by atoms with van der Waals surface area (Å²) in [5.41, 5.74) is 0.379. The summed E-state index contributed by atoms with van der Waals surface area (Å²) in [5.74, 6) is -0.470. The Morgan fingerprint density at radius 3 is 2.26 bits per heavy atom. The first-order valence-electron chi connectivity index (χ1n) is 10.5. The van der Waals surface area contributed by atoms with Crippen molar-refractivity contribution in [1.82, 2.24) is 9.29 Å². The van der Waals surface area contributed by atoms with Crippen molar-refractivity contribution in [3.05, 3.63) is 36.7 Å². The van der Waals surface area contributed by atoms with Gasteiger partial charge in [-0.1, -0.05) is 0 Å². The molecule has 2 aromatic rings. The second-order valence-electron chi connectivity index (χ2n) is 7.44. The maximum atomic E-state index is 12.7. The number of nitrogens with one attached hydrogen (secondary N) is 1. The van der Waals surface area contributed by atoms with Crippen molar-refractivity contribution in [2.24, 2.45) is 5.92 Å². The maximum Gasteiger partial charge on any atom is 0.309 e. The van der Waals surface area contributed by atoms with E-state index in [0.29, 0.717) is 35.8 Å². The Bertz CT molecular complexity index is 1090. The Hall–Kier alpha value is -3.38. The molecule has 0 atom stereocenters. The molecule has 1 saturated heterocycles. The lowest BCUT2D eigenvalue weighted by Crippen LogP contribution is -2.40. The number of hydrogen-bond acceptors (Lipinski definition) is 9.